The molecule has 470 valence electrons. The lowest BCUT2D eigenvalue weighted by Crippen LogP contribution is -2.62. The molecule has 0 spiro atoms. The molecule has 0 fully saturated rings. The van der Waals surface area contributed by atoms with Crippen molar-refractivity contribution in [2.24, 2.45) is 39.6 Å². The van der Waals surface area contributed by atoms with Crippen molar-refractivity contribution in [2.45, 2.75) is 126 Å². The average molecular weight is 1240 g/mol. The fourth-order valence-corrected chi connectivity index (χ4v) is 8.12. The second-order valence-electron chi connectivity index (χ2n) is 19.7. The number of hydrogen-bond acceptors (Lipinski definition) is 20. The van der Waals surface area contributed by atoms with E-state index >= 15 is 0 Å². The van der Waals surface area contributed by atoms with Crippen LogP contribution in [0.25, 0.3) is 0 Å². The van der Waals surface area contributed by atoms with Gasteiger partial charge in [0.15, 0.2) is 5.96 Å². The smallest absolute Gasteiger partial charge is 0.327 e. The van der Waals surface area contributed by atoms with Crippen LogP contribution in [0.3, 0.4) is 0 Å². The van der Waals surface area contributed by atoms with Crippen molar-refractivity contribution in [1.29, 1.82) is 0 Å². The zero-order valence-electron chi connectivity index (χ0n) is 46.5. The predicted molar refractivity (Wildman–Crippen MR) is 310 cm³/mol. The summed E-state index contributed by atoms with van der Waals surface area (Å²) < 4.78 is 0. The molecule has 24 N–H and O–H groups in total. The van der Waals surface area contributed by atoms with Crippen LogP contribution < -0.4 is 76.5 Å². The number of carboxylic acid groups (broad SMARTS) is 1. The van der Waals surface area contributed by atoms with E-state index < -0.39 is 182 Å². The minimum absolute atomic E-state index is 0.0218. The normalized spacial score (nSPS) is 14.5. The molecule has 2 rings (SSSR count). The van der Waals surface area contributed by atoms with Gasteiger partial charge in [0.25, 0.3) is 0 Å². The number of phenols is 2. The fourth-order valence-electron chi connectivity index (χ4n) is 7.71. The van der Waals surface area contributed by atoms with Crippen LogP contribution in [0.1, 0.15) is 63.5 Å². The summed E-state index contributed by atoms with van der Waals surface area (Å²) in [6.45, 7) is 1.17. The number of guanidine groups is 1. The Labute approximate surface area is 498 Å². The van der Waals surface area contributed by atoms with Crippen LogP contribution >= 0.6 is 25.3 Å². The van der Waals surface area contributed by atoms with E-state index in [0.717, 1.165) is 0 Å². The highest BCUT2D eigenvalue weighted by atomic mass is 32.1. The molecule has 2 aromatic rings. The lowest BCUT2D eigenvalue weighted by Gasteiger charge is -2.28. The number of carboxylic acids is 1. The number of aliphatic imine (C=N–C) groups is 1. The summed E-state index contributed by atoms with van der Waals surface area (Å²) in [5.41, 5.74) is 28.0. The lowest BCUT2D eigenvalue weighted by atomic mass is 10.0. The highest BCUT2D eigenvalue weighted by molar-refractivity contribution is 7.80. The summed E-state index contributed by atoms with van der Waals surface area (Å²) in [7, 11) is 0. The SMILES string of the molecule is CC(C)C[C@H](NC(=O)[C@@H](N)CS)C(=O)N[C@@H](CCCN=C(N)N)C(=O)N[C@@H](CCC(N)=O)C(=O)N[C@@H](CO)C(=O)N[C@@H](Cc1ccc(O)cc1)C(=O)N[C@@H](CO)C(=O)N[C@@H](Cc1ccc(O)cc1)C(=O)N[C@@H](CC(N)=O)C(=O)N[C@@H](CS)C(=O)O. The van der Waals surface area contributed by atoms with E-state index in [2.05, 4.69) is 78.1 Å². The maximum Gasteiger partial charge on any atom is 0.327 e. The number of carbonyl (C=O) groups is 12. The second kappa shape index (κ2) is 37.0. The van der Waals surface area contributed by atoms with Crippen LogP contribution in [-0.2, 0) is 70.4 Å². The highest BCUT2D eigenvalue weighted by Gasteiger charge is 2.36. The van der Waals surface area contributed by atoms with Crippen molar-refractivity contribution in [1.82, 2.24) is 47.9 Å². The van der Waals surface area contributed by atoms with Gasteiger partial charge in [-0.2, -0.15) is 25.3 Å². The monoisotopic (exact) mass is 1240 g/mol. The molecule has 0 aromatic heterocycles. The van der Waals surface area contributed by atoms with Gasteiger partial charge in [0.2, 0.25) is 65.0 Å². The number of aromatic hydroxyl groups is 2. The van der Waals surface area contributed by atoms with Gasteiger partial charge in [-0.15, -0.1) is 0 Å². The van der Waals surface area contributed by atoms with Crippen LogP contribution in [0.2, 0.25) is 0 Å². The van der Waals surface area contributed by atoms with E-state index in [4.69, 9.17) is 28.7 Å². The first-order chi connectivity index (χ1) is 40.0. The number of rotatable bonds is 38. The van der Waals surface area contributed by atoms with Crippen molar-refractivity contribution in [2.75, 3.05) is 31.3 Å². The predicted octanol–water partition coefficient (Wildman–Crippen LogP) is -7.26. The number of nitrogens with zero attached hydrogens (tertiary/aromatic N) is 1. The number of aliphatic hydroxyl groups excluding tert-OH is 2. The first-order valence-corrected chi connectivity index (χ1v) is 27.6. The summed E-state index contributed by atoms with van der Waals surface area (Å²) in [5.74, 6) is -14.6. The van der Waals surface area contributed by atoms with Crippen molar-refractivity contribution < 1.29 is 83.1 Å². The summed E-state index contributed by atoms with van der Waals surface area (Å²) >= 11 is 7.91. The summed E-state index contributed by atoms with van der Waals surface area (Å²) in [6.07, 6.45) is -2.72. The summed E-state index contributed by atoms with van der Waals surface area (Å²) in [6, 6.07) is -5.84. The molecule has 0 aliphatic carbocycles. The van der Waals surface area contributed by atoms with Gasteiger partial charge < -0.3 is 102 Å². The zero-order chi connectivity index (χ0) is 64.1. The molecule has 11 amide bonds. The Morgan fingerprint density at radius 1 is 0.482 bits per heavy atom. The van der Waals surface area contributed by atoms with Gasteiger partial charge >= 0.3 is 5.97 Å². The average Bonchev–Trinajstić information content (AvgIpc) is 3.54. The van der Waals surface area contributed by atoms with Crippen LogP contribution in [0.5, 0.6) is 11.5 Å². The number of primary amides is 2. The van der Waals surface area contributed by atoms with Crippen molar-refractivity contribution in [3.8, 4) is 11.5 Å². The van der Waals surface area contributed by atoms with Gasteiger partial charge in [-0.1, -0.05) is 38.1 Å². The minimum atomic E-state index is -1.95. The largest absolute Gasteiger partial charge is 0.508 e. The third-order valence-electron chi connectivity index (χ3n) is 12.2. The number of aliphatic hydroxyl groups is 2. The molecule has 32 nitrogen and oxygen atoms in total. The standard InChI is InChI=1S/C51H77N15O17S2/c1-24(2)16-32(60-41(73)29(52)22-84)44(76)58-30(4-3-15-57-51(55)56)42(74)59-31(13-14-39(53)71)43(75)64-36(20-67)48(80)62-34(18-26-7-11-28(70)12-8-26)46(78)65-37(21-68)49(81)61-33(17-25-5-9-27(69)10-6-25)45(77)63-35(19-40(54)72)47(79)66-38(23-85)50(82)83/h5-12,24,29-38,67-70,84-85H,3-4,13-23,52H2,1-2H3,(H2,53,71)(H2,54,72)(H,58,76)(H,59,74)(H,60,73)(H,61,81)(H,62,80)(H,63,77)(H,64,75)(H,65,78)(H,66,79)(H,82,83)(H4,55,56,57)/t29-,30-,31-,32-,33-,34-,35-,36-,37-,38-/m0/s1. The summed E-state index contributed by atoms with van der Waals surface area (Å²) in [5, 5.41) is 71.2. The molecular formula is C51H77N15O17S2. The molecule has 0 aliphatic rings. The molecule has 0 bridgehead atoms. The quantitative estimate of drug-likeness (QED) is 0.0129. The van der Waals surface area contributed by atoms with E-state index in [1.165, 1.54) is 48.5 Å². The minimum Gasteiger partial charge on any atom is -0.508 e. The van der Waals surface area contributed by atoms with Crippen LogP contribution in [0.15, 0.2) is 53.5 Å². The molecule has 2 aromatic carbocycles. The van der Waals surface area contributed by atoms with Crippen molar-refractivity contribution in [3.63, 3.8) is 0 Å². The number of aliphatic carboxylic acids is 1. The van der Waals surface area contributed by atoms with E-state index in [9.17, 15) is 83.1 Å². The first-order valence-electron chi connectivity index (χ1n) is 26.4. The van der Waals surface area contributed by atoms with Crippen molar-refractivity contribution in [3.05, 3.63) is 59.7 Å². The molecule has 0 heterocycles. The van der Waals surface area contributed by atoms with Crippen LogP contribution in [-0.4, -0.2) is 194 Å². The van der Waals surface area contributed by atoms with Gasteiger partial charge in [-0.3, -0.25) is 57.7 Å². The van der Waals surface area contributed by atoms with Crippen molar-refractivity contribution >= 4 is 102 Å². The number of carbonyl (C=O) groups excluding carboxylic acids is 11. The Hall–Kier alpha value is -8.47. The number of nitrogens with one attached hydrogen (secondary N) is 9. The van der Waals surface area contributed by atoms with E-state index in [1.54, 1.807) is 13.8 Å². The highest BCUT2D eigenvalue weighted by Crippen LogP contribution is 2.15. The summed E-state index contributed by atoms with van der Waals surface area (Å²) in [4.78, 5) is 163. The zero-order valence-corrected chi connectivity index (χ0v) is 48.3. The molecular weight excluding hydrogens is 1160 g/mol. The number of benzene rings is 2. The Morgan fingerprint density at radius 2 is 0.847 bits per heavy atom. The van der Waals surface area contributed by atoms with Gasteiger partial charge in [0.05, 0.1) is 25.7 Å². The Morgan fingerprint density at radius 3 is 1.24 bits per heavy atom. The maximum atomic E-state index is 14.2. The Kier molecular flexibility index (Phi) is 31.6. The molecule has 0 saturated carbocycles. The third-order valence-corrected chi connectivity index (χ3v) is 13.0. The number of thiol groups is 2. The fraction of sp³-hybridized carbons (Fsp3) is 0.510. The number of hydrogen-bond donors (Lipinski definition) is 21. The van der Waals surface area contributed by atoms with Gasteiger partial charge in [-0.25, -0.2) is 4.79 Å². The number of phenolic OH excluding ortho intramolecular Hbond substituents is 2. The molecule has 0 saturated heterocycles. The molecule has 85 heavy (non-hydrogen) atoms. The first kappa shape index (κ1) is 72.6. The van der Waals surface area contributed by atoms with E-state index in [1.807, 2.05) is 0 Å². The topological polar surface area (TPSA) is 557 Å². The van der Waals surface area contributed by atoms with Gasteiger partial charge in [-0.05, 0) is 67.0 Å². The van der Waals surface area contributed by atoms with Crippen LogP contribution in [0.4, 0.5) is 0 Å². The third kappa shape index (κ3) is 26.8. The van der Waals surface area contributed by atoms with E-state index in [-0.39, 0.29) is 66.1 Å². The molecule has 0 radical (unpaired) electrons. The van der Waals surface area contributed by atoms with Gasteiger partial charge in [0, 0.05) is 37.3 Å². The Bertz CT molecular complexity index is 2670. The molecule has 10 atom stereocenters. The Balaban J connectivity index is 2.51. The molecule has 0 aliphatic heterocycles. The molecule has 0 unspecified atom stereocenters. The van der Waals surface area contributed by atoms with Crippen LogP contribution in [0, 0.1) is 5.92 Å². The molecule has 34 heteroatoms. The maximum absolute atomic E-state index is 14.2. The van der Waals surface area contributed by atoms with E-state index in [0.29, 0.717) is 0 Å². The van der Waals surface area contributed by atoms with Gasteiger partial charge in [0.1, 0.15) is 65.9 Å². The number of nitrogens with two attached hydrogens (primary N) is 5. The number of amides is 11. The second-order valence-corrected chi connectivity index (χ2v) is 20.5. The lowest BCUT2D eigenvalue weighted by molar-refractivity contribution is -0.142.